The molecule has 10 heteroatoms. The molecule has 45 heavy (non-hydrogen) atoms. The van der Waals surface area contributed by atoms with E-state index in [-0.39, 0.29) is 27.3 Å². The highest BCUT2D eigenvalue weighted by molar-refractivity contribution is 7.16. The van der Waals surface area contributed by atoms with Gasteiger partial charge in [-0.2, -0.15) is 0 Å². The molecule has 2 aromatic heterocycles. The Bertz CT molecular complexity index is 1730. The number of pyridine rings is 1. The van der Waals surface area contributed by atoms with E-state index in [1.807, 2.05) is 10.6 Å². The van der Waals surface area contributed by atoms with Crippen molar-refractivity contribution < 1.29 is 9.53 Å². The smallest absolute Gasteiger partial charge is 0.308 e. The van der Waals surface area contributed by atoms with Crippen molar-refractivity contribution in [1.29, 1.82) is 0 Å². The van der Waals surface area contributed by atoms with Crippen LogP contribution >= 0.6 is 11.3 Å². The number of aromatic hydroxyl groups is 1. The molecule has 8 nitrogen and oxygen atoms in total. The minimum absolute atomic E-state index is 0.00714. The van der Waals surface area contributed by atoms with Crippen LogP contribution in [-0.2, 0) is 17.5 Å². The largest absolute Gasteiger partial charge is 0.506 e. The van der Waals surface area contributed by atoms with Crippen molar-refractivity contribution in [3.8, 4) is 5.75 Å². The number of rotatable bonds is 12. The molecule has 0 bridgehead atoms. The molecular weight excluding hydrogens is 601 g/mol. The molecule has 0 spiro atoms. The van der Waals surface area contributed by atoms with Crippen molar-refractivity contribution in [3.05, 3.63) is 73.6 Å². The Balaban J connectivity index is 1.29. The first-order valence-electron chi connectivity index (χ1n) is 16.4. The molecule has 1 aliphatic rings. The zero-order valence-electron chi connectivity index (χ0n) is 27.7. The Labute approximate surface area is 271 Å². The molecule has 1 fully saturated rings. The Morgan fingerprint density at radius 1 is 1.11 bits per heavy atom. The van der Waals surface area contributed by atoms with Crippen LogP contribution in [0.15, 0.2) is 52.1 Å². The summed E-state index contributed by atoms with van der Waals surface area (Å²) in [6.45, 7) is 14.1. The number of H-pyrrole nitrogens is 1. The fraction of sp³-hybridized carbons (Fsp3) is 0.543. The van der Waals surface area contributed by atoms with Crippen LogP contribution in [-0.4, -0.2) is 54.1 Å². The predicted octanol–water partition coefficient (Wildman–Crippen LogP) is 7.12. The molecule has 3 N–H and O–H groups in total. The molecule has 0 saturated heterocycles. The number of benzene rings is 2. The van der Waals surface area contributed by atoms with Gasteiger partial charge in [0, 0.05) is 37.1 Å². The van der Waals surface area contributed by atoms with Crippen LogP contribution < -0.4 is 15.7 Å². The maximum absolute atomic E-state index is 13.0. The highest BCUT2D eigenvalue weighted by Gasteiger charge is 2.39. The molecule has 0 unspecified atom stereocenters. The standard InChI is InChI=1S/C35H50N4O4SSi/c1-35(2,3)45(5,6)43-30(26-14-17-29(40)33-27(26)15-18-32(41)37-33)23-36-22-24-13-16-28-31(21-24)44-34(42)39(28)20-10-19-38(4)25-11-8-7-9-12-25/h13-18,21,25,30,36,40H,7-12,19-20,22-23H2,1-6H3,(H,37,41)/t30-/m0/s1. The third-order valence-electron chi connectivity index (χ3n) is 9.98. The third-order valence-corrected chi connectivity index (χ3v) is 15.4. The summed E-state index contributed by atoms with van der Waals surface area (Å²) in [5, 5.41) is 14.9. The summed E-state index contributed by atoms with van der Waals surface area (Å²) < 4.78 is 9.90. The van der Waals surface area contributed by atoms with Gasteiger partial charge in [0.15, 0.2) is 8.32 Å². The Hall–Kier alpha value is -2.76. The van der Waals surface area contributed by atoms with Crippen molar-refractivity contribution >= 4 is 40.8 Å². The molecule has 2 heterocycles. The summed E-state index contributed by atoms with van der Waals surface area (Å²) in [5.74, 6) is 0.0426. The summed E-state index contributed by atoms with van der Waals surface area (Å²) in [5.41, 5.74) is 3.22. The highest BCUT2D eigenvalue weighted by atomic mass is 32.1. The number of aryl methyl sites for hydroxylation is 1. The first-order valence-corrected chi connectivity index (χ1v) is 20.1. The van der Waals surface area contributed by atoms with Crippen LogP contribution in [0.1, 0.15) is 76.5 Å². The average Bonchev–Trinajstić information content (AvgIpc) is 3.30. The summed E-state index contributed by atoms with van der Waals surface area (Å²) in [4.78, 5) is 30.4. The number of hydrogen-bond acceptors (Lipinski definition) is 7. The molecule has 1 aliphatic carbocycles. The van der Waals surface area contributed by atoms with Crippen LogP contribution in [0, 0.1) is 0 Å². The van der Waals surface area contributed by atoms with Gasteiger partial charge in [0.2, 0.25) is 5.56 Å². The van der Waals surface area contributed by atoms with Crippen molar-refractivity contribution in [2.45, 2.75) is 103 Å². The van der Waals surface area contributed by atoms with Gasteiger partial charge in [-0.15, -0.1) is 0 Å². The molecule has 0 amide bonds. The summed E-state index contributed by atoms with van der Waals surface area (Å²) in [6.07, 6.45) is 7.31. The van der Waals surface area contributed by atoms with Gasteiger partial charge >= 0.3 is 4.87 Å². The fourth-order valence-corrected chi connectivity index (χ4v) is 8.51. The van der Waals surface area contributed by atoms with Gasteiger partial charge in [0.1, 0.15) is 5.75 Å². The topological polar surface area (TPSA) is 99.6 Å². The van der Waals surface area contributed by atoms with Gasteiger partial charge in [0.25, 0.3) is 0 Å². The van der Waals surface area contributed by atoms with Crippen LogP contribution in [0.5, 0.6) is 5.75 Å². The second-order valence-electron chi connectivity index (χ2n) is 14.2. The van der Waals surface area contributed by atoms with Crippen molar-refractivity contribution in [3.63, 3.8) is 0 Å². The van der Waals surface area contributed by atoms with E-state index in [4.69, 9.17) is 4.43 Å². The lowest BCUT2D eigenvalue weighted by atomic mass is 9.94. The molecule has 1 saturated carbocycles. The number of nitrogens with one attached hydrogen (secondary N) is 2. The lowest BCUT2D eigenvalue weighted by Gasteiger charge is -2.39. The number of aromatic amines is 1. The molecule has 244 valence electrons. The Morgan fingerprint density at radius 2 is 1.87 bits per heavy atom. The lowest BCUT2D eigenvalue weighted by molar-refractivity contribution is 0.181. The summed E-state index contributed by atoms with van der Waals surface area (Å²) in [7, 11) is 0.0592. The number of thiazole rings is 1. The normalized spacial score (nSPS) is 15.8. The fourth-order valence-electron chi connectivity index (χ4n) is 6.25. The number of hydrogen-bond donors (Lipinski definition) is 3. The lowest BCUT2D eigenvalue weighted by Crippen LogP contribution is -2.43. The Morgan fingerprint density at radius 3 is 2.60 bits per heavy atom. The van der Waals surface area contributed by atoms with E-state index >= 15 is 0 Å². The number of phenolic OH excluding ortho intramolecular Hbond substituents is 1. The molecule has 1 atom stereocenters. The quantitative estimate of drug-likeness (QED) is 0.141. The number of nitrogens with zero attached hydrogens (tertiary/aromatic N) is 2. The van der Waals surface area contributed by atoms with E-state index < -0.39 is 8.32 Å². The van der Waals surface area contributed by atoms with Crippen molar-refractivity contribution in [2.24, 2.45) is 0 Å². The van der Waals surface area contributed by atoms with Gasteiger partial charge in [0.05, 0.1) is 21.8 Å². The second kappa shape index (κ2) is 13.9. The zero-order chi connectivity index (χ0) is 32.4. The van der Waals surface area contributed by atoms with E-state index in [0.717, 1.165) is 46.2 Å². The van der Waals surface area contributed by atoms with E-state index in [9.17, 15) is 14.7 Å². The van der Waals surface area contributed by atoms with Gasteiger partial charge in [-0.3, -0.25) is 14.2 Å². The van der Waals surface area contributed by atoms with E-state index in [1.165, 1.54) is 49.5 Å². The van der Waals surface area contributed by atoms with Gasteiger partial charge in [-0.1, -0.05) is 63.5 Å². The van der Waals surface area contributed by atoms with Gasteiger partial charge in [-0.05, 0) is 86.4 Å². The average molecular weight is 651 g/mol. The molecule has 2 aromatic carbocycles. The van der Waals surface area contributed by atoms with Gasteiger partial charge < -0.3 is 24.7 Å². The summed E-state index contributed by atoms with van der Waals surface area (Å²) >= 11 is 1.33. The van der Waals surface area contributed by atoms with E-state index in [0.29, 0.717) is 24.6 Å². The van der Waals surface area contributed by atoms with Crippen LogP contribution in [0.4, 0.5) is 0 Å². The maximum Gasteiger partial charge on any atom is 0.308 e. The van der Waals surface area contributed by atoms with Crippen LogP contribution in [0.2, 0.25) is 18.1 Å². The number of fused-ring (bicyclic) bond motifs is 2. The third kappa shape index (κ3) is 7.80. The van der Waals surface area contributed by atoms with Crippen LogP contribution in [0.25, 0.3) is 21.1 Å². The molecule has 4 aromatic rings. The SMILES string of the molecule is CN(CCCn1c(=O)sc2cc(CNC[C@H](O[Si](C)(C)C(C)(C)C)c3ccc(O)c4[nH]c(=O)ccc34)ccc21)C1CCCCC1. The monoisotopic (exact) mass is 650 g/mol. The minimum atomic E-state index is -2.17. The zero-order valence-corrected chi connectivity index (χ0v) is 29.6. The van der Waals surface area contributed by atoms with Crippen LogP contribution in [0.3, 0.4) is 0 Å². The van der Waals surface area contributed by atoms with E-state index in [1.54, 1.807) is 12.1 Å². The summed E-state index contributed by atoms with van der Waals surface area (Å²) in [6, 6.07) is 13.8. The maximum atomic E-state index is 13.0. The highest BCUT2D eigenvalue weighted by Crippen LogP contribution is 2.41. The predicted molar refractivity (Wildman–Crippen MR) is 189 cm³/mol. The molecule has 5 rings (SSSR count). The van der Waals surface area contributed by atoms with E-state index in [2.05, 4.69) is 74.3 Å². The Kier molecular flexibility index (Phi) is 10.4. The molecule has 0 radical (unpaired) electrons. The minimum Gasteiger partial charge on any atom is -0.506 e. The van der Waals surface area contributed by atoms with Crippen molar-refractivity contribution in [1.82, 2.24) is 19.8 Å². The first kappa shape index (κ1) is 33.6. The second-order valence-corrected chi connectivity index (χ2v) is 20.0. The number of phenols is 1. The molecular formula is C35H50N4O4SSi. The van der Waals surface area contributed by atoms with Crippen molar-refractivity contribution in [2.75, 3.05) is 20.1 Å². The molecule has 0 aliphatic heterocycles. The first-order chi connectivity index (χ1) is 21.3. The number of aromatic nitrogens is 2. The van der Waals surface area contributed by atoms with Gasteiger partial charge in [-0.25, -0.2) is 0 Å².